The number of pyridine rings is 1. The molecule has 174 valence electrons. The van der Waals surface area contributed by atoms with Crippen molar-refractivity contribution in [3.63, 3.8) is 0 Å². The summed E-state index contributed by atoms with van der Waals surface area (Å²) in [5.74, 6) is 0.510. The van der Waals surface area contributed by atoms with E-state index in [0.29, 0.717) is 5.13 Å². The maximum atomic E-state index is 13.3. The minimum atomic E-state index is -0.772. The van der Waals surface area contributed by atoms with Gasteiger partial charge in [0.15, 0.2) is 0 Å². The van der Waals surface area contributed by atoms with Gasteiger partial charge in [0.1, 0.15) is 11.3 Å². The molecule has 0 saturated heterocycles. The molecule has 4 rings (SSSR count). The lowest BCUT2D eigenvalue weighted by molar-refractivity contribution is -0.124. The Hall–Kier alpha value is -3.58. The highest BCUT2D eigenvalue weighted by molar-refractivity contribution is 7.13. The third kappa shape index (κ3) is 5.31. The van der Waals surface area contributed by atoms with Gasteiger partial charge in [-0.05, 0) is 55.3 Å². The van der Waals surface area contributed by atoms with Crippen molar-refractivity contribution >= 4 is 22.4 Å². The highest BCUT2D eigenvalue weighted by Crippen LogP contribution is 2.42. The molecule has 1 atom stereocenters. The fourth-order valence-electron chi connectivity index (χ4n) is 4.01. The summed E-state index contributed by atoms with van der Waals surface area (Å²) in [5, 5.41) is 11.2. The fraction of sp³-hybridized carbons (Fsp3) is 0.259. The van der Waals surface area contributed by atoms with E-state index in [0.717, 1.165) is 28.1 Å². The second kappa shape index (κ2) is 10.1. The third-order valence-electron chi connectivity index (χ3n) is 5.66. The number of nitrogens with zero attached hydrogens (tertiary/aromatic N) is 3. The zero-order valence-electron chi connectivity index (χ0n) is 19.7. The molecule has 0 saturated carbocycles. The molecule has 1 amide bonds. The van der Waals surface area contributed by atoms with Crippen molar-refractivity contribution in [2.24, 2.45) is 5.41 Å². The quantitative estimate of drug-likeness (QED) is 0.331. The first-order valence-electron chi connectivity index (χ1n) is 11.2. The van der Waals surface area contributed by atoms with Crippen LogP contribution >= 0.6 is 11.3 Å². The van der Waals surface area contributed by atoms with Gasteiger partial charge >= 0.3 is 0 Å². The number of carbonyl (C=O) groups is 1. The molecule has 1 unspecified atom stereocenters. The predicted molar refractivity (Wildman–Crippen MR) is 136 cm³/mol. The molecular weight excluding hydrogens is 444 g/mol. The van der Waals surface area contributed by atoms with Crippen LogP contribution in [-0.2, 0) is 4.79 Å². The van der Waals surface area contributed by atoms with Gasteiger partial charge in [0.2, 0.25) is 11.0 Å². The van der Waals surface area contributed by atoms with Gasteiger partial charge in [-0.1, -0.05) is 61.6 Å². The first kappa shape index (κ1) is 23.6. The zero-order chi connectivity index (χ0) is 24.1. The smallest absolute Gasteiger partial charge is 0.232 e. The number of hydrogen-bond donors (Lipinski definition) is 1. The van der Waals surface area contributed by atoms with E-state index < -0.39 is 5.41 Å². The molecule has 0 aliphatic rings. The molecule has 0 spiro atoms. The Morgan fingerprint density at radius 1 is 0.971 bits per heavy atom. The molecule has 7 heteroatoms. The Morgan fingerprint density at radius 2 is 1.71 bits per heavy atom. The van der Waals surface area contributed by atoms with Crippen LogP contribution in [0.1, 0.15) is 44.7 Å². The average molecular weight is 473 g/mol. The van der Waals surface area contributed by atoms with Crippen LogP contribution in [0.15, 0.2) is 78.4 Å². The van der Waals surface area contributed by atoms with E-state index >= 15 is 0 Å². The van der Waals surface area contributed by atoms with Gasteiger partial charge < -0.3 is 10.1 Å². The number of anilines is 1. The van der Waals surface area contributed by atoms with Crippen molar-refractivity contribution in [3.05, 3.63) is 89.6 Å². The topological polar surface area (TPSA) is 77.0 Å². The van der Waals surface area contributed by atoms with E-state index in [4.69, 9.17) is 9.72 Å². The zero-order valence-corrected chi connectivity index (χ0v) is 20.5. The largest absolute Gasteiger partial charge is 0.491 e. The van der Waals surface area contributed by atoms with Gasteiger partial charge in [0.05, 0.1) is 17.2 Å². The molecule has 2 heterocycles. The highest BCUT2D eigenvalue weighted by Gasteiger charge is 2.39. The number of nitrogens with one attached hydrogen (secondary N) is 1. The van der Waals surface area contributed by atoms with Crippen LogP contribution in [0.3, 0.4) is 0 Å². The Morgan fingerprint density at radius 3 is 2.29 bits per heavy atom. The summed E-state index contributed by atoms with van der Waals surface area (Å²) < 4.78 is 5.74. The molecule has 0 fully saturated rings. The van der Waals surface area contributed by atoms with E-state index in [9.17, 15) is 4.79 Å². The van der Waals surface area contributed by atoms with Gasteiger partial charge in [-0.3, -0.25) is 9.78 Å². The molecule has 2 aromatic heterocycles. The third-order valence-corrected chi connectivity index (χ3v) is 6.27. The van der Waals surface area contributed by atoms with Crippen molar-refractivity contribution in [1.82, 2.24) is 15.2 Å². The number of hydrogen-bond acceptors (Lipinski definition) is 6. The van der Waals surface area contributed by atoms with Crippen molar-refractivity contribution in [2.45, 2.75) is 39.7 Å². The van der Waals surface area contributed by atoms with Crippen molar-refractivity contribution in [1.29, 1.82) is 0 Å². The molecule has 0 radical (unpaired) electrons. The Kier molecular flexibility index (Phi) is 7.03. The lowest BCUT2D eigenvalue weighted by Crippen LogP contribution is -2.37. The van der Waals surface area contributed by atoms with Crippen molar-refractivity contribution in [2.75, 3.05) is 5.32 Å². The van der Waals surface area contributed by atoms with Gasteiger partial charge in [0, 0.05) is 17.7 Å². The van der Waals surface area contributed by atoms with Gasteiger partial charge in [0.25, 0.3) is 0 Å². The molecule has 6 nitrogen and oxygen atoms in total. The summed E-state index contributed by atoms with van der Waals surface area (Å²) in [6.07, 6.45) is 2.00. The van der Waals surface area contributed by atoms with E-state index in [1.165, 1.54) is 11.3 Å². The SMILES string of the molecule is CC(C)Oc1ccc(-c2ccc(C(c3ccccc3)C(C)(C)C(=O)Nc3nncs3)cn2)cc1. The number of amides is 1. The number of benzene rings is 2. The molecule has 0 bridgehead atoms. The second-order valence-electron chi connectivity index (χ2n) is 8.93. The number of aromatic nitrogens is 3. The van der Waals surface area contributed by atoms with Gasteiger partial charge in [-0.2, -0.15) is 0 Å². The lowest BCUT2D eigenvalue weighted by atomic mass is 9.71. The van der Waals surface area contributed by atoms with Crippen LogP contribution < -0.4 is 10.1 Å². The summed E-state index contributed by atoms with van der Waals surface area (Å²) in [4.78, 5) is 18.1. The highest BCUT2D eigenvalue weighted by atomic mass is 32.1. The molecular formula is C27H28N4O2S. The first-order valence-corrected chi connectivity index (χ1v) is 12.1. The summed E-state index contributed by atoms with van der Waals surface area (Å²) in [7, 11) is 0. The molecule has 34 heavy (non-hydrogen) atoms. The average Bonchev–Trinajstić information content (AvgIpc) is 3.33. The van der Waals surface area contributed by atoms with Crippen molar-refractivity contribution < 1.29 is 9.53 Å². The van der Waals surface area contributed by atoms with Crippen LogP contribution in [0.2, 0.25) is 0 Å². The molecule has 0 aliphatic carbocycles. The van der Waals surface area contributed by atoms with Crippen LogP contribution in [0, 0.1) is 5.41 Å². The standard InChI is InChI=1S/C27H28N4O2S/c1-18(2)33-22-13-10-19(11-14-22)23-15-12-21(16-28-23)24(20-8-6-5-7-9-20)27(3,4)25(32)30-26-31-29-17-34-26/h5-18,24H,1-4H3,(H,30,31,32). The Bertz CT molecular complexity index is 1210. The maximum absolute atomic E-state index is 13.3. The summed E-state index contributed by atoms with van der Waals surface area (Å²) >= 11 is 1.30. The number of ether oxygens (including phenoxy) is 1. The molecule has 1 N–H and O–H groups in total. The molecule has 2 aromatic carbocycles. The van der Waals surface area contributed by atoms with E-state index in [2.05, 4.69) is 21.6 Å². The van der Waals surface area contributed by atoms with E-state index in [1.54, 1.807) is 5.51 Å². The van der Waals surface area contributed by atoms with E-state index in [-0.39, 0.29) is 17.9 Å². The molecule has 0 aliphatic heterocycles. The summed E-state index contributed by atoms with van der Waals surface area (Å²) in [5.41, 5.74) is 4.71. The predicted octanol–water partition coefficient (Wildman–Crippen LogP) is 6.18. The maximum Gasteiger partial charge on any atom is 0.232 e. The Labute approximate surface area is 204 Å². The van der Waals surface area contributed by atoms with Crippen LogP contribution in [0.4, 0.5) is 5.13 Å². The summed E-state index contributed by atoms with van der Waals surface area (Å²) in [6.45, 7) is 7.91. The lowest BCUT2D eigenvalue weighted by Gasteiger charge is -2.33. The van der Waals surface area contributed by atoms with Crippen LogP contribution in [-0.4, -0.2) is 27.2 Å². The van der Waals surface area contributed by atoms with Gasteiger partial charge in [-0.15, -0.1) is 10.2 Å². The van der Waals surface area contributed by atoms with E-state index in [1.807, 2.05) is 94.6 Å². The van der Waals surface area contributed by atoms with Crippen LogP contribution in [0.25, 0.3) is 11.3 Å². The van der Waals surface area contributed by atoms with Crippen LogP contribution in [0.5, 0.6) is 5.75 Å². The minimum Gasteiger partial charge on any atom is -0.491 e. The fourth-order valence-corrected chi connectivity index (χ4v) is 4.45. The summed E-state index contributed by atoms with van der Waals surface area (Å²) in [6, 6.07) is 22.0. The molecule has 4 aromatic rings. The minimum absolute atomic E-state index is 0.122. The monoisotopic (exact) mass is 472 g/mol. The first-order chi connectivity index (χ1) is 16.3. The Balaban J connectivity index is 1.64. The second-order valence-corrected chi connectivity index (χ2v) is 9.76. The van der Waals surface area contributed by atoms with Crippen molar-refractivity contribution in [3.8, 4) is 17.0 Å². The normalized spacial score (nSPS) is 12.4. The number of rotatable bonds is 8. The van der Waals surface area contributed by atoms with Gasteiger partial charge in [-0.25, -0.2) is 0 Å². The number of carbonyl (C=O) groups excluding carboxylic acids is 1.